The molecule has 11 heteroatoms. The van der Waals surface area contributed by atoms with E-state index in [1.54, 1.807) is 0 Å². The normalized spacial score (nSPS) is 22.0. The number of hydrogen-bond donors (Lipinski definition) is 1. The van der Waals surface area contributed by atoms with Crippen molar-refractivity contribution in [3.63, 3.8) is 0 Å². The Labute approximate surface area is 132 Å². The Morgan fingerprint density at radius 1 is 1.43 bits per heavy atom. The fourth-order valence-corrected chi connectivity index (χ4v) is 4.52. The minimum Gasteiger partial charge on any atom is -0.483 e. The number of thiophene rings is 1. The molecule has 0 radical (unpaired) electrons. The summed E-state index contributed by atoms with van der Waals surface area (Å²) in [6.07, 6.45) is -7.06. The van der Waals surface area contributed by atoms with E-state index >= 15 is 0 Å². The van der Waals surface area contributed by atoms with Gasteiger partial charge in [-0.05, 0) is 0 Å². The molecular formula is C12H13F5O4S2. The van der Waals surface area contributed by atoms with Crippen molar-refractivity contribution in [3.8, 4) is 5.06 Å². The zero-order valence-corrected chi connectivity index (χ0v) is 13.6. The summed E-state index contributed by atoms with van der Waals surface area (Å²) in [5, 5.41) is 9.30. The highest BCUT2D eigenvalue weighted by Crippen LogP contribution is 2.53. The van der Waals surface area contributed by atoms with Crippen LogP contribution in [0.15, 0.2) is 4.21 Å². The van der Waals surface area contributed by atoms with Crippen molar-refractivity contribution >= 4 is 21.2 Å². The zero-order chi connectivity index (χ0) is 17.8. The van der Waals surface area contributed by atoms with Gasteiger partial charge in [-0.2, -0.15) is 13.2 Å². The third kappa shape index (κ3) is 3.45. The predicted octanol–water partition coefficient (Wildman–Crippen LogP) is 2.95. The summed E-state index contributed by atoms with van der Waals surface area (Å²) in [7, 11) is -3.93. The van der Waals surface area contributed by atoms with Gasteiger partial charge in [0.1, 0.15) is 16.9 Å². The van der Waals surface area contributed by atoms with E-state index < -0.39 is 56.8 Å². The van der Waals surface area contributed by atoms with Crippen molar-refractivity contribution in [2.45, 2.75) is 35.8 Å². The largest absolute Gasteiger partial charge is 0.483 e. The Bertz CT molecular complexity index is 708. The number of halogens is 5. The molecule has 1 aromatic heterocycles. The summed E-state index contributed by atoms with van der Waals surface area (Å²) in [6.45, 7) is 0.0239. The lowest BCUT2D eigenvalue weighted by Crippen LogP contribution is -2.26. The molecule has 132 valence electrons. The minimum absolute atomic E-state index is 0.248. The molecule has 1 aliphatic rings. The third-order valence-corrected chi connectivity index (χ3v) is 6.43. The fourth-order valence-electron chi connectivity index (χ4n) is 2.11. The van der Waals surface area contributed by atoms with Crippen molar-refractivity contribution < 1.29 is 40.2 Å². The maximum atomic E-state index is 13.6. The molecule has 1 aromatic rings. The number of hydrogen-bond acceptors (Lipinski definition) is 5. The van der Waals surface area contributed by atoms with Crippen molar-refractivity contribution in [2.24, 2.45) is 5.92 Å². The first-order chi connectivity index (χ1) is 10.2. The summed E-state index contributed by atoms with van der Waals surface area (Å²) in [5.74, 6) is -5.44. The summed E-state index contributed by atoms with van der Waals surface area (Å²) < 4.78 is 92.5. The number of ether oxygens (including phenoxy) is 1. The average molecular weight is 380 g/mol. The van der Waals surface area contributed by atoms with Crippen LogP contribution in [0.5, 0.6) is 5.06 Å². The van der Waals surface area contributed by atoms with Gasteiger partial charge >= 0.3 is 6.18 Å². The molecule has 1 aliphatic carbocycles. The molecule has 23 heavy (non-hydrogen) atoms. The molecule has 1 heterocycles. The highest BCUT2D eigenvalue weighted by molar-refractivity contribution is 7.92. The molecule has 0 bridgehead atoms. The maximum Gasteiger partial charge on any atom is 0.394 e. The average Bonchev–Trinajstić information content (AvgIpc) is 2.81. The smallest absolute Gasteiger partial charge is 0.394 e. The van der Waals surface area contributed by atoms with E-state index in [0.717, 1.165) is 13.2 Å². The number of alkyl halides is 5. The van der Waals surface area contributed by atoms with Crippen LogP contribution in [0, 0.1) is 5.92 Å². The van der Waals surface area contributed by atoms with Gasteiger partial charge in [0.05, 0.1) is 5.92 Å². The van der Waals surface area contributed by atoms with Crippen LogP contribution < -0.4 is 4.74 Å². The topological polar surface area (TPSA) is 63.6 Å². The Morgan fingerprint density at radius 2 is 2.00 bits per heavy atom. The van der Waals surface area contributed by atoms with Gasteiger partial charge in [-0.3, -0.25) is 0 Å². The number of rotatable bonds is 4. The van der Waals surface area contributed by atoms with E-state index in [1.165, 1.54) is 0 Å². The molecule has 0 fully saturated rings. The van der Waals surface area contributed by atoms with Crippen LogP contribution in [0.3, 0.4) is 0 Å². The summed E-state index contributed by atoms with van der Waals surface area (Å²) in [6, 6.07) is 0. The molecule has 0 amide bonds. The van der Waals surface area contributed by atoms with E-state index in [2.05, 4.69) is 0 Å². The van der Waals surface area contributed by atoms with Gasteiger partial charge in [0.15, 0.2) is 14.9 Å². The van der Waals surface area contributed by atoms with Crippen LogP contribution in [0.4, 0.5) is 22.0 Å². The Balaban J connectivity index is 2.39. The van der Waals surface area contributed by atoms with E-state index in [1.807, 2.05) is 0 Å². The lowest BCUT2D eigenvalue weighted by atomic mass is 10.2. The van der Waals surface area contributed by atoms with Gasteiger partial charge in [-0.25, -0.2) is 17.2 Å². The summed E-state index contributed by atoms with van der Waals surface area (Å²) in [5.41, 5.74) is -0.723. The van der Waals surface area contributed by atoms with Crippen LogP contribution in [-0.4, -0.2) is 38.5 Å². The molecule has 0 saturated carbocycles. The van der Waals surface area contributed by atoms with E-state index in [9.17, 15) is 35.5 Å². The van der Waals surface area contributed by atoms with Gasteiger partial charge in [0.2, 0.25) is 0 Å². The highest BCUT2D eigenvalue weighted by Gasteiger charge is 2.52. The summed E-state index contributed by atoms with van der Waals surface area (Å²) >= 11 is 0.455. The minimum atomic E-state index is -4.52. The van der Waals surface area contributed by atoms with Crippen LogP contribution in [0.2, 0.25) is 0 Å². The van der Waals surface area contributed by atoms with Gasteiger partial charge in [-0.15, -0.1) is 0 Å². The predicted molar refractivity (Wildman–Crippen MR) is 71.8 cm³/mol. The Hall–Kier alpha value is -0.940. The lowest BCUT2D eigenvalue weighted by molar-refractivity contribution is -0.176. The van der Waals surface area contributed by atoms with Crippen LogP contribution in [-0.2, 0) is 16.3 Å². The lowest BCUT2D eigenvalue weighted by Gasteiger charge is -2.16. The second kappa shape index (κ2) is 5.55. The molecule has 1 N–H and O–H groups in total. The Morgan fingerprint density at radius 3 is 2.48 bits per heavy atom. The number of aliphatic hydroxyl groups is 1. The molecule has 2 atom stereocenters. The first-order valence-corrected chi connectivity index (χ1v) is 9.07. The van der Waals surface area contributed by atoms with Crippen LogP contribution in [0.25, 0.3) is 0 Å². The van der Waals surface area contributed by atoms with Gasteiger partial charge in [0.25, 0.3) is 5.92 Å². The molecule has 0 unspecified atom stereocenters. The number of fused-ring (bicyclic) bond motifs is 1. The first kappa shape index (κ1) is 18.4. The van der Waals surface area contributed by atoms with Crippen LogP contribution in [0.1, 0.15) is 24.2 Å². The van der Waals surface area contributed by atoms with Gasteiger partial charge < -0.3 is 9.84 Å². The quantitative estimate of drug-likeness (QED) is 0.816. The second-order valence-corrected chi connectivity index (χ2v) is 8.63. The third-order valence-electron chi connectivity index (χ3n) is 3.42. The SMILES string of the molecule is C[C@H](COc1sc(S(C)(=O)=O)c2c1CC(F)(F)[C@H]2O)C(F)(F)F. The number of sulfone groups is 1. The standard InChI is InChI=1S/C12H13F5O4S2/c1-5(12(15,16)17)4-21-9-6-3-11(13,14)8(18)7(6)10(22-9)23(2,19)20/h5,8,18H,3-4H2,1-2H3/t5-,8+/m1/s1. The highest BCUT2D eigenvalue weighted by atomic mass is 32.2. The second-order valence-electron chi connectivity index (χ2n) is 5.44. The molecule has 0 saturated heterocycles. The molecule has 0 aromatic carbocycles. The molecule has 4 nitrogen and oxygen atoms in total. The fraction of sp³-hybridized carbons (Fsp3) is 0.667. The van der Waals surface area contributed by atoms with Gasteiger partial charge in [0, 0.05) is 23.8 Å². The van der Waals surface area contributed by atoms with Crippen LogP contribution >= 0.6 is 11.3 Å². The van der Waals surface area contributed by atoms with Crippen molar-refractivity contribution in [2.75, 3.05) is 12.9 Å². The zero-order valence-electron chi connectivity index (χ0n) is 11.9. The molecule has 0 spiro atoms. The van der Waals surface area contributed by atoms with Crippen molar-refractivity contribution in [1.29, 1.82) is 0 Å². The van der Waals surface area contributed by atoms with Crippen molar-refractivity contribution in [3.05, 3.63) is 11.1 Å². The molecule has 2 rings (SSSR count). The van der Waals surface area contributed by atoms with E-state index in [0.29, 0.717) is 11.3 Å². The van der Waals surface area contributed by atoms with E-state index in [-0.39, 0.29) is 10.6 Å². The van der Waals surface area contributed by atoms with Crippen molar-refractivity contribution in [1.82, 2.24) is 0 Å². The summed E-state index contributed by atoms with van der Waals surface area (Å²) in [4.78, 5) is 0. The molecular weight excluding hydrogens is 367 g/mol. The number of aliphatic hydroxyl groups excluding tert-OH is 1. The first-order valence-electron chi connectivity index (χ1n) is 6.36. The maximum absolute atomic E-state index is 13.6. The monoisotopic (exact) mass is 380 g/mol. The molecule has 0 aliphatic heterocycles. The Kier molecular flexibility index (Phi) is 4.44. The van der Waals surface area contributed by atoms with E-state index in [4.69, 9.17) is 4.74 Å². The van der Waals surface area contributed by atoms with Gasteiger partial charge in [-0.1, -0.05) is 18.3 Å².